The second-order valence-corrected chi connectivity index (χ2v) is 7.48. The highest BCUT2D eigenvalue weighted by Crippen LogP contribution is 2.21. The zero-order valence-corrected chi connectivity index (χ0v) is 15.8. The fourth-order valence-corrected chi connectivity index (χ4v) is 3.53. The van der Waals surface area contributed by atoms with Crippen LogP contribution in [0.4, 0.5) is 15.8 Å². The van der Waals surface area contributed by atoms with Gasteiger partial charge in [0.15, 0.2) is 5.03 Å². The Labute approximate surface area is 160 Å². The minimum atomic E-state index is -4.12. The SMILES string of the molecule is COc1ccc(NS(=O)(=O)c2[nH]ncc2C(=O)Nc2ccc(C)c(F)c2)cc1. The molecule has 10 heteroatoms. The Hall–Kier alpha value is -3.40. The van der Waals surface area contributed by atoms with Gasteiger partial charge in [0, 0.05) is 11.4 Å². The van der Waals surface area contributed by atoms with Gasteiger partial charge in [-0.05, 0) is 48.9 Å². The number of nitrogens with zero attached hydrogens (tertiary/aromatic N) is 1. The summed E-state index contributed by atoms with van der Waals surface area (Å²) in [5, 5.41) is 8.02. The Morgan fingerprint density at radius 2 is 1.82 bits per heavy atom. The molecule has 1 heterocycles. The van der Waals surface area contributed by atoms with E-state index in [1.54, 1.807) is 19.1 Å². The molecule has 146 valence electrons. The van der Waals surface area contributed by atoms with Gasteiger partial charge in [-0.1, -0.05) is 6.07 Å². The number of sulfonamides is 1. The van der Waals surface area contributed by atoms with Crippen LogP contribution in [-0.2, 0) is 10.0 Å². The van der Waals surface area contributed by atoms with E-state index in [0.717, 1.165) is 12.3 Å². The van der Waals surface area contributed by atoms with E-state index in [1.165, 1.54) is 31.4 Å². The third-order valence-electron chi connectivity index (χ3n) is 3.89. The summed E-state index contributed by atoms with van der Waals surface area (Å²) >= 11 is 0. The average molecular weight is 404 g/mol. The van der Waals surface area contributed by atoms with Crippen molar-refractivity contribution in [3.63, 3.8) is 0 Å². The number of carbonyl (C=O) groups is 1. The number of rotatable bonds is 6. The molecule has 1 aromatic heterocycles. The molecule has 0 radical (unpaired) electrons. The zero-order chi connectivity index (χ0) is 20.3. The van der Waals surface area contributed by atoms with Gasteiger partial charge in [-0.3, -0.25) is 14.6 Å². The predicted molar refractivity (Wildman–Crippen MR) is 101 cm³/mol. The van der Waals surface area contributed by atoms with E-state index in [4.69, 9.17) is 4.74 Å². The van der Waals surface area contributed by atoms with Crippen LogP contribution >= 0.6 is 0 Å². The van der Waals surface area contributed by atoms with Gasteiger partial charge < -0.3 is 10.1 Å². The lowest BCUT2D eigenvalue weighted by Gasteiger charge is -2.10. The number of halogens is 1. The Morgan fingerprint density at radius 1 is 1.14 bits per heavy atom. The third-order valence-corrected chi connectivity index (χ3v) is 5.24. The van der Waals surface area contributed by atoms with E-state index in [1.807, 2.05) is 0 Å². The molecule has 0 aliphatic carbocycles. The van der Waals surface area contributed by atoms with Crippen molar-refractivity contribution in [3.8, 4) is 5.75 Å². The van der Waals surface area contributed by atoms with Crippen molar-refractivity contribution in [1.29, 1.82) is 0 Å². The molecule has 0 aliphatic rings. The first kappa shape index (κ1) is 19.4. The van der Waals surface area contributed by atoms with Gasteiger partial charge in [0.25, 0.3) is 15.9 Å². The second kappa shape index (κ2) is 7.69. The van der Waals surface area contributed by atoms with Crippen LogP contribution < -0.4 is 14.8 Å². The lowest BCUT2D eigenvalue weighted by Crippen LogP contribution is -2.19. The van der Waals surface area contributed by atoms with E-state index >= 15 is 0 Å². The van der Waals surface area contributed by atoms with Crippen LogP contribution in [0.5, 0.6) is 5.75 Å². The molecule has 0 atom stereocenters. The molecule has 0 saturated carbocycles. The number of carbonyl (C=O) groups excluding carboxylic acids is 1. The van der Waals surface area contributed by atoms with Crippen LogP contribution in [0.2, 0.25) is 0 Å². The average Bonchev–Trinajstić information content (AvgIpc) is 3.16. The molecular weight excluding hydrogens is 387 g/mol. The maximum Gasteiger partial charge on any atom is 0.279 e. The van der Waals surface area contributed by atoms with Gasteiger partial charge in [-0.2, -0.15) is 13.5 Å². The standard InChI is InChI=1S/C18H17FN4O4S/c1-11-3-4-13(9-16(11)19)21-17(24)15-10-20-22-18(15)28(25,26)23-12-5-7-14(27-2)8-6-12/h3-10,23H,1-2H3,(H,20,22)(H,21,24). The zero-order valence-electron chi connectivity index (χ0n) is 15.0. The number of hydrogen-bond acceptors (Lipinski definition) is 5. The molecule has 0 bridgehead atoms. The van der Waals surface area contributed by atoms with E-state index in [2.05, 4.69) is 20.2 Å². The second-order valence-electron chi connectivity index (χ2n) is 5.86. The number of hydrogen-bond donors (Lipinski definition) is 3. The lowest BCUT2D eigenvalue weighted by molar-refractivity contribution is 0.102. The summed E-state index contributed by atoms with van der Waals surface area (Å²) in [6.45, 7) is 1.59. The van der Waals surface area contributed by atoms with Gasteiger partial charge in [-0.15, -0.1) is 0 Å². The molecule has 2 aromatic carbocycles. The number of ether oxygens (including phenoxy) is 1. The molecule has 0 fully saturated rings. The van der Waals surface area contributed by atoms with Crippen LogP contribution in [0.1, 0.15) is 15.9 Å². The highest BCUT2D eigenvalue weighted by atomic mass is 32.2. The van der Waals surface area contributed by atoms with Gasteiger partial charge in [0.2, 0.25) is 0 Å². The predicted octanol–water partition coefficient (Wildman–Crippen LogP) is 2.92. The fourth-order valence-electron chi connectivity index (χ4n) is 2.38. The van der Waals surface area contributed by atoms with Crippen molar-refractivity contribution in [2.45, 2.75) is 11.9 Å². The fraction of sp³-hybridized carbons (Fsp3) is 0.111. The Kier molecular flexibility index (Phi) is 5.32. The molecule has 0 unspecified atom stereocenters. The number of nitrogens with one attached hydrogen (secondary N) is 3. The number of methoxy groups -OCH3 is 1. The van der Waals surface area contributed by atoms with Crippen molar-refractivity contribution in [1.82, 2.24) is 10.2 Å². The van der Waals surface area contributed by atoms with E-state index in [0.29, 0.717) is 11.3 Å². The number of benzene rings is 2. The summed E-state index contributed by atoms with van der Waals surface area (Å²) in [6, 6.07) is 10.4. The monoisotopic (exact) mass is 404 g/mol. The molecule has 0 aliphatic heterocycles. The van der Waals surface area contributed by atoms with E-state index in [-0.39, 0.29) is 16.9 Å². The molecule has 1 amide bonds. The molecule has 3 aromatic rings. The minimum absolute atomic E-state index is 0.195. The van der Waals surface area contributed by atoms with Crippen LogP contribution in [0.25, 0.3) is 0 Å². The van der Waals surface area contributed by atoms with Crippen LogP contribution in [0.3, 0.4) is 0 Å². The topological polar surface area (TPSA) is 113 Å². The van der Waals surface area contributed by atoms with Crippen LogP contribution in [0, 0.1) is 12.7 Å². The lowest BCUT2D eigenvalue weighted by atomic mass is 10.2. The molecule has 8 nitrogen and oxygen atoms in total. The smallest absolute Gasteiger partial charge is 0.279 e. The minimum Gasteiger partial charge on any atom is -0.497 e. The largest absolute Gasteiger partial charge is 0.497 e. The summed E-state index contributed by atoms with van der Waals surface area (Å²) in [5.41, 5.74) is 0.693. The summed E-state index contributed by atoms with van der Waals surface area (Å²) < 4.78 is 46.3. The third kappa shape index (κ3) is 4.12. The number of anilines is 2. The van der Waals surface area contributed by atoms with Crippen molar-refractivity contribution >= 4 is 27.3 Å². The Morgan fingerprint density at radius 3 is 2.46 bits per heavy atom. The summed E-state index contributed by atoms with van der Waals surface area (Å²) in [5.74, 6) is -0.666. The summed E-state index contributed by atoms with van der Waals surface area (Å²) in [7, 11) is -2.62. The molecule has 3 N–H and O–H groups in total. The quantitative estimate of drug-likeness (QED) is 0.585. The summed E-state index contributed by atoms with van der Waals surface area (Å²) in [6.07, 6.45) is 1.09. The highest BCUT2D eigenvalue weighted by Gasteiger charge is 2.25. The van der Waals surface area contributed by atoms with Crippen LogP contribution in [0.15, 0.2) is 53.7 Å². The van der Waals surface area contributed by atoms with E-state index < -0.39 is 26.8 Å². The van der Waals surface area contributed by atoms with Crippen molar-refractivity contribution in [3.05, 3.63) is 65.6 Å². The molecule has 0 spiro atoms. The first-order chi connectivity index (χ1) is 13.3. The highest BCUT2D eigenvalue weighted by molar-refractivity contribution is 7.92. The number of aromatic nitrogens is 2. The van der Waals surface area contributed by atoms with Gasteiger partial charge >= 0.3 is 0 Å². The van der Waals surface area contributed by atoms with Crippen molar-refractivity contribution < 1.29 is 22.3 Å². The van der Waals surface area contributed by atoms with E-state index in [9.17, 15) is 17.6 Å². The molecule has 3 rings (SSSR count). The van der Waals surface area contributed by atoms with Gasteiger partial charge in [0.1, 0.15) is 11.6 Å². The Bertz CT molecular complexity index is 1110. The maximum absolute atomic E-state index is 13.7. The molecular formula is C18H17FN4O4S. The van der Waals surface area contributed by atoms with Crippen molar-refractivity contribution in [2.24, 2.45) is 0 Å². The van der Waals surface area contributed by atoms with Crippen molar-refractivity contribution in [2.75, 3.05) is 17.1 Å². The normalized spacial score (nSPS) is 11.1. The molecule has 0 saturated heterocycles. The Balaban J connectivity index is 1.82. The number of H-pyrrole nitrogens is 1. The first-order valence-corrected chi connectivity index (χ1v) is 9.56. The summed E-state index contributed by atoms with van der Waals surface area (Å²) in [4.78, 5) is 12.5. The molecule has 28 heavy (non-hydrogen) atoms. The van der Waals surface area contributed by atoms with Crippen LogP contribution in [-0.4, -0.2) is 31.6 Å². The van der Waals surface area contributed by atoms with Gasteiger partial charge in [-0.25, -0.2) is 4.39 Å². The number of aromatic amines is 1. The van der Waals surface area contributed by atoms with Gasteiger partial charge in [0.05, 0.1) is 18.9 Å². The first-order valence-electron chi connectivity index (χ1n) is 8.08. The maximum atomic E-state index is 13.7. The number of aryl methyl sites for hydroxylation is 1. The number of amides is 1.